The molecule has 0 atom stereocenters. The van der Waals surface area contributed by atoms with Gasteiger partial charge in [0.15, 0.2) is 0 Å². The Kier molecular flexibility index (Phi) is 4.34. The smallest absolute Gasteiger partial charge is 0.254 e. The van der Waals surface area contributed by atoms with Gasteiger partial charge in [-0.1, -0.05) is 31.9 Å². The molecule has 1 aliphatic rings. The fourth-order valence-corrected chi connectivity index (χ4v) is 2.51. The highest BCUT2D eigenvalue weighted by atomic mass is 19.1. The van der Waals surface area contributed by atoms with Gasteiger partial charge in [0.05, 0.1) is 5.56 Å². The number of rotatable bonds is 3. The second kappa shape index (κ2) is 5.98. The highest BCUT2D eigenvalue weighted by Gasteiger charge is 2.19. The summed E-state index contributed by atoms with van der Waals surface area (Å²) >= 11 is 0. The fourth-order valence-electron chi connectivity index (χ4n) is 2.51. The molecule has 2 nitrogen and oxygen atoms in total. The molecule has 0 saturated heterocycles. The van der Waals surface area contributed by atoms with Crippen LogP contribution in [0.1, 0.15) is 43.0 Å². The van der Waals surface area contributed by atoms with E-state index in [-0.39, 0.29) is 11.5 Å². The average Bonchev–Trinajstić information content (AvgIpc) is 2.38. The zero-order valence-electron chi connectivity index (χ0n) is 10.8. The molecule has 1 amide bonds. The number of hydrogen-bond acceptors (Lipinski definition) is 1. The van der Waals surface area contributed by atoms with Gasteiger partial charge in [0.1, 0.15) is 5.82 Å². The molecule has 98 valence electrons. The molecular formula is C15H20FNO. The first kappa shape index (κ1) is 13.1. The van der Waals surface area contributed by atoms with Gasteiger partial charge < -0.3 is 5.32 Å². The first-order valence-corrected chi connectivity index (χ1v) is 6.69. The van der Waals surface area contributed by atoms with Gasteiger partial charge in [0.2, 0.25) is 0 Å². The Hall–Kier alpha value is -1.38. The summed E-state index contributed by atoms with van der Waals surface area (Å²) in [5.41, 5.74) is 0.140. The highest BCUT2D eigenvalue weighted by molar-refractivity contribution is 5.94. The molecule has 1 saturated carbocycles. The second-order valence-electron chi connectivity index (χ2n) is 5.32. The normalized spacial score (nSPS) is 23.7. The summed E-state index contributed by atoms with van der Waals surface area (Å²) in [7, 11) is 0. The van der Waals surface area contributed by atoms with Crippen LogP contribution in [0.15, 0.2) is 24.3 Å². The molecule has 0 aliphatic heterocycles. The molecule has 0 bridgehead atoms. The quantitative estimate of drug-likeness (QED) is 0.874. The number of nitrogens with one attached hydrogen (secondary N) is 1. The first-order chi connectivity index (χ1) is 8.66. The van der Waals surface area contributed by atoms with E-state index >= 15 is 0 Å². The van der Waals surface area contributed by atoms with Crippen LogP contribution < -0.4 is 5.32 Å². The zero-order chi connectivity index (χ0) is 13.0. The minimum absolute atomic E-state index is 0.140. The first-order valence-electron chi connectivity index (χ1n) is 6.69. The van der Waals surface area contributed by atoms with E-state index in [1.165, 1.54) is 37.8 Å². The van der Waals surface area contributed by atoms with Crippen LogP contribution in [0, 0.1) is 17.7 Å². The van der Waals surface area contributed by atoms with Gasteiger partial charge in [-0.2, -0.15) is 0 Å². The molecular weight excluding hydrogens is 229 g/mol. The largest absolute Gasteiger partial charge is 0.352 e. The van der Waals surface area contributed by atoms with Gasteiger partial charge in [-0.15, -0.1) is 0 Å². The summed E-state index contributed by atoms with van der Waals surface area (Å²) in [6.45, 7) is 2.94. The van der Waals surface area contributed by atoms with Crippen LogP contribution in [0.3, 0.4) is 0 Å². The van der Waals surface area contributed by atoms with Crippen LogP contribution in [0.2, 0.25) is 0 Å². The van der Waals surface area contributed by atoms with Crippen molar-refractivity contribution in [1.29, 1.82) is 0 Å². The van der Waals surface area contributed by atoms with E-state index in [4.69, 9.17) is 0 Å². The van der Waals surface area contributed by atoms with Crippen molar-refractivity contribution in [3.05, 3.63) is 35.6 Å². The third-order valence-electron chi connectivity index (χ3n) is 3.81. The fraction of sp³-hybridized carbons (Fsp3) is 0.533. The SMILES string of the molecule is CC1CCC(CNC(=O)c2ccccc2F)CC1. The molecule has 0 aromatic heterocycles. The topological polar surface area (TPSA) is 29.1 Å². The molecule has 3 heteroatoms. The molecule has 0 spiro atoms. The predicted octanol–water partition coefficient (Wildman–Crippen LogP) is 3.38. The predicted molar refractivity (Wildman–Crippen MR) is 69.9 cm³/mol. The van der Waals surface area contributed by atoms with Gasteiger partial charge in [0, 0.05) is 6.54 Å². The van der Waals surface area contributed by atoms with Crippen molar-refractivity contribution in [2.45, 2.75) is 32.6 Å². The van der Waals surface area contributed by atoms with Gasteiger partial charge in [0.25, 0.3) is 5.91 Å². The summed E-state index contributed by atoms with van der Waals surface area (Å²) in [6.07, 6.45) is 4.80. The van der Waals surface area contributed by atoms with Crippen LogP contribution in [-0.4, -0.2) is 12.5 Å². The van der Waals surface area contributed by atoms with Crippen LogP contribution in [-0.2, 0) is 0 Å². The van der Waals surface area contributed by atoms with Crippen LogP contribution in [0.4, 0.5) is 4.39 Å². The van der Waals surface area contributed by atoms with E-state index < -0.39 is 5.82 Å². The van der Waals surface area contributed by atoms with Crippen LogP contribution in [0.5, 0.6) is 0 Å². The number of halogens is 1. The average molecular weight is 249 g/mol. The number of amides is 1. The maximum atomic E-state index is 13.4. The Balaban J connectivity index is 1.84. The minimum Gasteiger partial charge on any atom is -0.352 e. The Bertz CT molecular complexity index is 411. The van der Waals surface area contributed by atoms with E-state index in [9.17, 15) is 9.18 Å². The lowest BCUT2D eigenvalue weighted by molar-refractivity contribution is 0.0938. The molecule has 0 heterocycles. The number of carbonyl (C=O) groups is 1. The van der Waals surface area contributed by atoms with E-state index in [2.05, 4.69) is 12.2 Å². The van der Waals surface area contributed by atoms with Crippen molar-refractivity contribution >= 4 is 5.91 Å². The number of benzene rings is 1. The molecule has 1 aromatic rings. The Morgan fingerprint density at radius 1 is 1.28 bits per heavy atom. The van der Waals surface area contributed by atoms with Crippen LogP contribution >= 0.6 is 0 Å². The summed E-state index contributed by atoms with van der Waals surface area (Å²) in [5.74, 6) is 0.611. The Morgan fingerprint density at radius 2 is 1.94 bits per heavy atom. The number of carbonyl (C=O) groups excluding carboxylic acids is 1. The van der Waals surface area contributed by atoms with E-state index in [0.29, 0.717) is 12.5 Å². The maximum Gasteiger partial charge on any atom is 0.254 e. The van der Waals surface area contributed by atoms with E-state index in [0.717, 1.165) is 5.92 Å². The molecule has 1 aromatic carbocycles. The van der Waals surface area contributed by atoms with E-state index in [1.807, 2.05) is 0 Å². The summed E-state index contributed by atoms with van der Waals surface area (Å²) in [6, 6.07) is 6.11. The Morgan fingerprint density at radius 3 is 2.61 bits per heavy atom. The standard InChI is InChI=1S/C15H20FNO/c1-11-6-8-12(9-7-11)10-17-15(18)13-4-2-3-5-14(13)16/h2-5,11-12H,6-10H2,1H3,(H,17,18). The molecule has 1 N–H and O–H groups in total. The van der Waals surface area contributed by atoms with E-state index in [1.54, 1.807) is 12.1 Å². The van der Waals surface area contributed by atoms with Gasteiger partial charge in [-0.3, -0.25) is 4.79 Å². The van der Waals surface area contributed by atoms with Crippen LogP contribution in [0.25, 0.3) is 0 Å². The Labute approximate surface area is 108 Å². The molecule has 18 heavy (non-hydrogen) atoms. The van der Waals surface area contributed by atoms with Gasteiger partial charge >= 0.3 is 0 Å². The maximum absolute atomic E-state index is 13.4. The molecule has 0 unspecified atom stereocenters. The van der Waals surface area contributed by atoms with Crippen molar-refractivity contribution in [2.75, 3.05) is 6.54 Å². The molecule has 2 rings (SSSR count). The third kappa shape index (κ3) is 3.31. The summed E-state index contributed by atoms with van der Waals surface area (Å²) < 4.78 is 13.4. The van der Waals surface area contributed by atoms with Crippen molar-refractivity contribution in [2.24, 2.45) is 11.8 Å². The second-order valence-corrected chi connectivity index (χ2v) is 5.32. The highest BCUT2D eigenvalue weighted by Crippen LogP contribution is 2.27. The monoisotopic (exact) mass is 249 g/mol. The molecule has 0 radical (unpaired) electrons. The lowest BCUT2D eigenvalue weighted by Gasteiger charge is -2.26. The van der Waals surface area contributed by atoms with Crippen molar-refractivity contribution in [3.8, 4) is 0 Å². The number of hydrogen-bond donors (Lipinski definition) is 1. The minimum atomic E-state index is -0.452. The molecule has 1 aliphatic carbocycles. The third-order valence-corrected chi connectivity index (χ3v) is 3.81. The molecule has 1 fully saturated rings. The lowest BCUT2D eigenvalue weighted by Crippen LogP contribution is -2.31. The summed E-state index contributed by atoms with van der Waals surface area (Å²) in [4.78, 5) is 11.8. The van der Waals surface area contributed by atoms with Gasteiger partial charge in [-0.25, -0.2) is 4.39 Å². The van der Waals surface area contributed by atoms with Crippen molar-refractivity contribution in [1.82, 2.24) is 5.32 Å². The van der Waals surface area contributed by atoms with Crippen molar-refractivity contribution < 1.29 is 9.18 Å². The summed E-state index contributed by atoms with van der Waals surface area (Å²) in [5, 5.41) is 2.85. The lowest BCUT2D eigenvalue weighted by atomic mass is 9.83. The zero-order valence-corrected chi connectivity index (χ0v) is 10.8. The van der Waals surface area contributed by atoms with Gasteiger partial charge in [-0.05, 0) is 36.8 Å². The van der Waals surface area contributed by atoms with Crippen molar-refractivity contribution in [3.63, 3.8) is 0 Å².